The highest BCUT2D eigenvalue weighted by molar-refractivity contribution is 5.81. The minimum absolute atomic E-state index is 0.0961. The van der Waals surface area contributed by atoms with E-state index < -0.39 is 6.10 Å². The smallest absolute Gasteiger partial charge is 0.261 e. The molecule has 0 saturated heterocycles. The van der Waals surface area contributed by atoms with E-state index in [1.165, 1.54) is 17.7 Å². The summed E-state index contributed by atoms with van der Waals surface area (Å²) in [4.78, 5) is 12.3. The van der Waals surface area contributed by atoms with Gasteiger partial charge in [0.25, 0.3) is 5.91 Å². The first-order valence-corrected chi connectivity index (χ1v) is 8.90. The highest BCUT2D eigenvalue weighted by Crippen LogP contribution is 2.15. The number of carbonyl (C=O) groups excluding carboxylic acids is 1. The van der Waals surface area contributed by atoms with Crippen LogP contribution < -0.4 is 10.1 Å². The summed E-state index contributed by atoms with van der Waals surface area (Å²) in [6, 6.07) is 14.3. The van der Waals surface area contributed by atoms with Crippen LogP contribution in [-0.2, 0) is 17.6 Å². The second-order valence-corrected chi connectivity index (χ2v) is 6.03. The van der Waals surface area contributed by atoms with Crippen LogP contribution in [0.25, 0.3) is 0 Å². The number of rotatable bonds is 9. The fourth-order valence-corrected chi connectivity index (χ4v) is 2.56. The van der Waals surface area contributed by atoms with Gasteiger partial charge in [-0.1, -0.05) is 38.1 Å². The van der Waals surface area contributed by atoms with E-state index in [9.17, 15) is 9.18 Å². The van der Waals surface area contributed by atoms with Gasteiger partial charge in [0.15, 0.2) is 6.10 Å². The van der Waals surface area contributed by atoms with Crippen LogP contribution in [0.15, 0.2) is 48.5 Å². The van der Waals surface area contributed by atoms with Gasteiger partial charge in [-0.2, -0.15) is 0 Å². The van der Waals surface area contributed by atoms with Crippen molar-refractivity contribution in [3.05, 3.63) is 65.5 Å². The lowest BCUT2D eigenvalue weighted by Gasteiger charge is -2.17. The molecule has 3 nitrogen and oxygen atoms in total. The van der Waals surface area contributed by atoms with Gasteiger partial charge in [-0.3, -0.25) is 4.79 Å². The molecule has 0 radical (unpaired) electrons. The summed E-state index contributed by atoms with van der Waals surface area (Å²) < 4.78 is 18.7. The summed E-state index contributed by atoms with van der Waals surface area (Å²) in [7, 11) is 0. The van der Waals surface area contributed by atoms with Gasteiger partial charge in [0, 0.05) is 6.54 Å². The average molecular weight is 343 g/mol. The van der Waals surface area contributed by atoms with Crippen molar-refractivity contribution in [1.29, 1.82) is 0 Å². The molecular weight excluding hydrogens is 317 g/mol. The van der Waals surface area contributed by atoms with E-state index in [1.54, 1.807) is 12.1 Å². The molecule has 0 saturated carbocycles. The molecule has 1 atom stereocenters. The zero-order valence-electron chi connectivity index (χ0n) is 14.9. The molecule has 134 valence electrons. The van der Waals surface area contributed by atoms with Gasteiger partial charge < -0.3 is 10.1 Å². The SMILES string of the molecule is CCc1ccc(OC(CC)C(=O)NCCCc2ccc(F)cc2)cc1. The highest BCUT2D eigenvalue weighted by Gasteiger charge is 2.17. The number of halogens is 1. The molecule has 0 aliphatic rings. The van der Waals surface area contributed by atoms with E-state index in [0.29, 0.717) is 18.7 Å². The van der Waals surface area contributed by atoms with Crippen molar-refractivity contribution >= 4 is 5.91 Å². The van der Waals surface area contributed by atoms with Gasteiger partial charge in [-0.05, 0) is 61.1 Å². The Labute approximate surface area is 149 Å². The van der Waals surface area contributed by atoms with Crippen LogP contribution in [0.1, 0.15) is 37.8 Å². The Morgan fingerprint density at radius 1 is 1.04 bits per heavy atom. The maximum absolute atomic E-state index is 12.9. The van der Waals surface area contributed by atoms with Gasteiger partial charge in [0.05, 0.1) is 0 Å². The number of amides is 1. The molecule has 1 unspecified atom stereocenters. The topological polar surface area (TPSA) is 38.3 Å². The van der Waals surface area contributed by atoms with Crippen molar-refractivity contribution in [2.45, 2.75) is 45.6 Å². The van der Waals surface area contributed by atoms with Crippen LogP contribution in [0.5, 0.6) is 5.75 Å². The molecule has 1 N–H and O–H groups in total. The summed E-state index contributed by atoms with van der Waals surface area (Å²) >= 11 is 0. The Bertz CT molecular complexity index is 653. The summed E-state index contributed by atoms with van der Waals surface area (Å²) in [6.45, 7) is 4.61. The van der Waals surface area contributed by atoms with Crippen LogP contribution in [-0.4, -0.2) is 18.6 Å². The Balaban J connectivity index is 1.75. The van der Waals surface area contributed by atoms with Crippen LogP contribution in [0, 0.1) is 5.82 Å². The van der Waals surface area contributed by atoms with Crippen molar-refractivity contribution in [2.24, 2.45) is 0 Å². The Kier molecular flexibility index (Phi) is 7.45. The molecule has 2 aromatic carbocycles. The molecule has 0 aliphatic heterocycles. The zero-order chi connectivity index (χ0) is 18.1. The molecule has 25 heavy (non-hydrogen) atoms. The van der Waals surface area contributed by atoms with E-state index in [4.69, 9.17) is 4.74 Å². The monoisotopic (exact) mass is 343 g/mol. The quantitative estimate of drug-likeness (QED) is 0.690. The van der Waals surface area contributed by atoms with Gasteiger partial charge in [0.1, 0.15) is 11.6 Å². The molecule has 0 spiro atoms. The third-order valence-electron chi connectivity index (χ3n) is 4.13. The number of ether oxygens (including phenoxy) is 1. The predicted octanol–water partition coefficient (Wildman–Crippen LogP) is 4.29. The number of hydrogen-bond acceptors (Lipinski definition) is 2. The van der Waals surface area contributed by atoms with Crippen LogP contribution in [0.3, 0.4) is 0 Å². The number of aryl methyl sites for hydroxylation is 2. The molecule has 0 heterocycles. The van der Waals surface area contributed by atoms with E-state index in [1.807, 2.05) is 31.2 Å². The lowest BCUT2D eigenvalue weighted by atomic mass is 10.1. The maximum atomic E-state index is 12.9. The lowest BCUT2D eigenvalue weighted by Crippen LogP contribution is -2.38. The summed E-state index contributed by atoms with van der Waals surface area (Å²) in [6.07, 6.45) is 2.71. The number of benzene rings is 2. The molecule has 0 bridgehead atoms. The number of nitrogens with one attached hydrogen (secondary N) is 1. The van der Waals surface area contributed by atoms with Gasteiger partial charge >= 0.3 is 0 Å². The molecule has 2 rings (SSSR count). The van der Waals surface area contributed by atoms with Gasteiger partial charge in [0.2, 0.25) is 0 Å². The first-order valence-electron chi connectivity index (χ1n) is 8.90. The molecule has 4 heteroatoms. The Morgan fingerprint density at radius 2 is 1.68 bits per heavy atom. The summed E-state index contributed by atoms with van der Waals surface area (Å²) in [5.41, 5.74) is 2.31. The second-order valence-electron chi connectivity index (χ2n) is 6.03. The Hall–Kier alpha value is -2.36. The number of hydrogen-bond donors (Lipinski definition) is 1. The highest BCUT2D eigenvalue weighted by atomic mass is 19.1. The molecule has 1 amide bonds. The fraction of sp³-hybridized carbons (Fsp3) is 0.381. The molecule has 0 aromatic heterocycles. The number of carbonyl (C=O) groups is 1. The van der Waals surface area contributed by atoms with E-state index in [0.717, 1.165) is 24.8 Å². The van der Waals surface area contributed by atoms with Crippen molar-refractivity contribution in [2.75, 3.05) is 6.54 Å². The average Bonchev–Trinajstić information content (AvgIpc) is 2.65. The summed E-state index contributed by atoms with van der Waals surface area (Å²) in [5.74, 6) is 0.388. The first-order chi connectivity index (χ1) is 12.1. The third kappa shape index (κ3) is 6.22. The first kappa shape index (κ1) is 19.0. The van der Waals surface area contributed by atoms with Crippen LogP contribution in [0.4, 0.5) is 4.39 Å². The predicted molar refractivity (Wildman–Crippen MR) is 98.3 cm³/mol. The van der Waals surface area contributed by atoms with Crippen molar-refractivity contribution < 1.29 is 13.9 Å². The van der Waals surface area contributed by atoms with Gasteiger partial charge in [-0.25, -0.2) is 4.39 Å². The second kappa shape index (κ2) is 9.82. The zero-order valence-corrected chi connectivity index (χ0v) is 14.9. The van der Waals surface area contributed by atoms with Gasteiger partial charge in [-0.15, -0.1) is 0 Å². The Morgan fingerprint density at radius 3 is 2.28 bits per heavy atom. The minimum atomic E-state index is -0.488. The van der Waals surface area contributed by atoms with Crippen LogP contribution in [0.2, 0.25) is 0 Å². The summed E-state index contributed by atoms with van der Waals surface area (Å²) in [5, 5.41) is 2.92. The molecule has 0 aliphatic carbocycles. The fourth-order valence-electron chi connectivity index (χ4n) is 2.56. The maximum Gasteiger partial charge on any atom is 0.261 e. The normalized spacial score (nSPS) is 11.8. The molecule has 0 fully saturated rings. The van der Waals surface area contributed by atoms with Crippen molar-refractivity contribution in [3.63, 3.8) is 0 Å². The van der Waals surface area contributed by atoms with E-state index in [2.05, 4.69) is 12.2 Å². The van der Waals surface area contributed by atoms with Crippen molar-refractivity contribution in [3.8, 4) is 5.75 Å². The van der Waals surface area contributed by atoms with E-state index in [-0.39, 0.29) is 11.7 Å². The lowest BCUT2D eigenvalue weighted by molar-refractivity contribution is -0.128. The standard InChI is InChI=1S/C21H26FNO2/c1-3-16-9-13-19(14-10-16)25-20(4-2)21(24)23-15-5-6-17-7-11-18(22)12-8-17/h7-14,20H,3-6,15H2,1-2H3,(H,23,24). The third-order valence-corrected chi connectivity index (χ3v) is 4.13. The van der Waals surface area contributed by atoms with Crippen LogP contribution >= 0.6 is 0 Å². The minimum Gasteiger partial charge on any atom is -0.481 e. The molecular formula is C21H26FNO2. The molecule has 2 aromatic rings. The van der Waals surface area contributed by atoms with E-state index >= 15 is 0 Å². The largest absolute Gasteiger partial charge is 0.481 e. The van der Waals surface area contributed by atoms with Crippen molar-refractivity contribution in [1.82, 2.24) is 5.32 Å².